The summed E-state index contributed by atoms with van der Waals surface area (Å²) in [6, 6.07) is 12.6. The van der Waals surface area contributed by atoms with Gasteiger partial charge in [-0.1, -0.05) is 18.2 Å². The van der Waals surface area contributed by atoms with E-state index in [1.165, 1.54) is 0 Å². The number of nitrogens with zero attached hydrogens (tertiary/aromatic N) is 1. The summed E-state index contributed by atoms with van der Waals surface area (Å²) in [5.74, 6) is 0.692. The molecule has 0 spiro atoms. The first-order chi connectivity index (χ1) is 10.7. The van der Waals surface area contributed by atoms with Crippen molar-refractivity contribution in [1.82, 2.24) is 4.90 Å². The van der Waals surface area contributed by atoms with Crippen LogP contribution in [0.15, 0.2) is 46.9 Å². The van der Waals surface area contributed by atoms with Gasteiger partial charge in [0.25, 0.3) is 0 Å². The fourth-order valence-corrected chi connectivity index (χ4v) is 2.22. The van der Waals surface area contributed by atoms with E-state index >= 15 is 0 Å². The minimum Gasteiger partial charge on any atom is -0.507 e. The summed E-state index contributed by atoms with van der Waals surface area (Å²) >= 11 is 3.30. The third kappa shape index (κ3) is 4.26. The third-order valence-corrected chi connectivity index (χ3v) is 4.26. The molecule has 0 atom stereocenters. The number of halogens is 1. The van der Waals surface area contributed by atoms with Crippen LogP contribution in [0.5, 0.6) is 11.5 Å². The van der Waals surface area contributed by atoms with Gasteiger partial charge in [-0.3, -0.25) is 0 Å². The van der Waals surface area contributed by atoms with E-state index in [2.05, 4.69) is 15.9 Å². The fourth-order valence-electron chi connectivity index (χ4n) is 1.85. The van der Waals surface area contributed by atoms with E-state index in [9.17, 15) is 9.90 Å². The molecule has 4 nitrogen and oxygen atoms in total. The highest BCUT2D eigenvalue weighted by Crippen LogP contribution is 2.30. The van der Waals surface area contributed by atoms with E-state index in [0.29, 0.717) is 10.2 Å². The van der Waals surface area contributed by atoms with Crippen molar-refractivity contribution in [3.8, 4) is 22.6 Å². The van der Waals surface area contributed by atoms with Crippen LogP contribution in [0.1, 0.15) is 20.8 Å². The van der Waals surface area contributed by atoms with Crippen molar-refractivity contribution in [3.63, 3.8) is 0 Å². The van der Waals surface area contributed by atoms with Crippen molar-refractivity contribution in [1.29, 1.82) is 0 Å². The number of phenolic OH excluding ortho intramolecular Hbond substituents is 1. The molecule has 0 aromatic heterocycles. The van der Waals surface area contributed by atoms with Crippen LogP contribution in [0.4, 0.5) is 4.79 Å². The van der Waals surface area contributed by atoms with Crippen LogP contribution in [0, 0.1) is 0 Å². The minimum atomic E-state index is -0.391. The van der Waals surface area contributed by atoms with Gasteiger partial charge in [-0.25, -0.2) is 4.79 Å². The topological polar surface area (TPSA) is 49.8 Å². The van der Waals surface area contributed by atoms with Gasteiger partial charge in [0, 0.05) is 12.6 Å². The second-order valence-electron chi connectivity index (χ2n) is 6.29. The molecular formula is C18H20BrNO3. The predicted octanol–water partition coefficient (Wildman–Crippen LogP) is 5.05. The Labute approximate surface area is 144 Å². The van der Waals surface area contributed by atoms with Crippen molar-refractivity contribution >= 4 is 22.0 Å². The molecule has 23 heavy (non-hydrogen) atoms. The lowest BCUT2D eigenvalue weighted by atomic mass is 10.1. The maximum absolute atomic E-state index is 12.1. The lowest BCUT2D eigenvalue weighted by Gasteiger charge is -2.30. The molecule has 2 aromatic rings. The fraction of sp³-hybridized carbons (Fsp3) is 0.278. The average Bonchev–Trinajstić information content (AvgIpc) is 2.49. The molecule has 5 heteroatoms. The van der Waals surface area contributed by atoms with Gasteiger partial charge in [0.1, 0.15) is 11.5 Å². The van der Waals surface area contributed by atoms with E-state index in [1.54, 1.807) is 30.1 Å². The molecule has 0 radical (unpaired) electrons. The zero-order valence-corrected chi connectivity index (χ0v) is 15.2. The van der Waals surface area contributed by atoms with E-state index < -0.39 is 6.09 Å². The molecule has 0 aliphatic rings. The second-order valence-corrected chi connectivity index (χ2v) is 7.14. The van der Waals surface area contributed by atoms with Gasteiger partial charge in [0.05, 0.1) is 4.47 Å². The van der Waals surface area contributed by atoms with Crippen LogP contribution < -0.4 is 4.74 Å². The summed E-state index contributed by atoms with van der Waals surface area (Å²) in [7, 11) is 1.71. The smallest absolute Gasteiger partial charge is 0.415 e. The van der Waals surface area contributed by atoms with Crippen LogP contribution in [-0.4, -0.2) is 28.7 Å². The number of ether oxygens (including phenoxy) is 1. The summed E-state index contributed by atoms with van der Waals surface area (Å²) in [5.41, 5.74) is 1.63. The average molecular weight is 378 g/mol. The predicted molar refractivity (Wildman–Crippen MR) is 94.8 cm³/mol. The highest BCUT2D eigenvalue weighted by molar-refractivity contribution is 9.10. The minimum absolute atomic E-state index is 0.199. The highest BCUT2D eigenvalue weighted by Gasteiger charge is 2.23. The van der Waals surface area contributed by atoms with Crippen LogP contribution >= 0.6 is 15.9 Å². The van der Waals surface area contributed by atoms with Gasteiger partial charge >= 0.3 is 6.09 Å². The number of rotatable bonds is 2. The van der Waals surface area contributed by atoms with Crippen molar-refractivity contribution < 1.29 is 14.6 Å². The van der Waals surface area contributed by atoms with E-state index in [4.69, 9.17) is 4.74 Å². The molecule has 0 fully saturated rings. The molecule has 2 aromatic carbocycles. The maximum atomic E-state index is 12.1. The molecule has 0 saturated heterocycles. The van der Waals surface area contributed by atoms with Crippen LogP contribution in [0.25, 0.3) is 11.1 Å². The SMILES string of the molecule is CN(C(=O)Oc1ccc(-c2ccc(O)c(Br)c2)cc1)C(C)(C)C. The first-order valence-corrected chi connectivity index (χ1v) is 8.02. The van der Waals surface area contributed by atoms with Crippen LogP contribution in [0.2, 0.25) is 0 Å². The van der Waals surface area contributed by atoms with Crippen molar-refractivity contribution in [3.05, 3.63) is 46.9 Å². The third-order valence-electron chi connectivity index (χ3n) is 3.62. The van der Waals surface area contributed by atoms with Crippen molar-refractivity contribution in [2.24, 2.45) is 0 Å². The molecule has 0 aliphatic heterocycles. The summed E-state index contributed by atoms with van der Waals surface area (Å²) in [5, 5.41) is 9.54. The lowest BCUT2D eigenvalue weighted by molar-refractivity contribution is 0.124. The van der Waals surface area contributed by atoms with Gasteiger partial charge in [0.2, 0.25) is 0 Å². The van der Waals surface area contributed by atoms with Gasteiger partial charge in [-0.2, -0.15) is 0 Å². The summed E-state index contributed by atoms with van der Waals surface area (Å²) in [6.45, 7) is 5.83. The van der Waals surface area contributed by atoms with E-state index in [1.807, 2.05) is 45.0 Å². The molecule has 1 amide bonds. The summed E-state index contributed by atoms with van der Waals surface area (Å²) in [6.07, 6.45) is -0.391. The number of aromatic hydroxyl groups is 1. The number of phenols is 1. The molecule has 0 unspecified atom stereocenters. The van der Waals surface area contributed by atoms with Crippen molar-refractivity contribution in [2.45, 2.75) is 26.3 Å². The molecule has 2 rings (SSSR count). The second kappa shape index (κ2) is 6.62. The number of carbonyl (C=O) groups excluding carboxylic acids is 1. The summed E-state index contributed by atoms with van der Waals surface area (Å²) < 4.78 is 6.01. The van der Waals surface area contributed by atoms with Gasteiger partial charge in [-0.05, 0) is 72.1 Å². The van der Waals surface area contributed by atoms with Gasteiger partial charge < -0.3 is 14.7 Å². The Morgan fingerprint density at radius 1 is 1.09 bits per heavy atom. The largest absolute Gasteiger partial charge is 0.507 e. The van der Waals surface area contributed by atoms with Crippen LogP contribution in [0.3, 0.4) is 0 Å². The van der Waals surface area contributed by atoms with Crippen molar-refractivity contribution in [2.75, 3.05) is 7.05 Å². The lowest BCUT2D eigenvalue weighted by Crippen LogP contribution is -2.44. The number of benzene rings is 2. The Hall–Kier alpha value is -2.01. The monoisotopic (exact) mass is 377 g/mol. The quantitative estimate of drug-likeness (QED) is 0.796. The van der Waals surface area contributed by atoms with E-state index in [-0.39, 0.29) is 11.3 Å². The van der Waals surface area contributed by atoms with Gasteiger partial charge in [-0.15, -0.1) is 0 Å². The molecule has 0 aliphatic carbocycles. The number of carbonyl (C=O) groups is 1. The zero-order valence-electron chi connectivity index (χ0n) is 13.6. The zero-order chi connectivity index (χ0) is 17.2. The molecular weight excluding hydrogens is 358 g/mol. The standard InChI is InChI=1S/C18H20BrNO3/c1-18(2,3)20(4)17(22)23-14-8-5-12(6-9-14)13-7-10-16(21)15(19)11-13/h5-11,21H,1-4H3. The Bertz CT molecular complexity index is 705. The van der Waals surface area contributed by atoms with E-state index in [0.717, 1.165) is 11.1 Å². The Balaban J connectivity index is 2.13. The number of amides is 1. The van der Waals surface area contributed by atoms with Crippen LogP contribution in [-0.2, 0) is 0 Å². The number of hydrogen-bond acceptors (Lipinski definition) is 3. The summed E-state index contributed by atoms with van der Waals surface area (Å²) in [4.78, 5) is 13.6. The first kappa shape index (κ1) is 17.3. The molecule has 0 bridgehead atoms. The molecule has 0 saturated carbocycles. The Kier molecular flexibility index (Phi) is 5.00. The molecule has 0 heterocycles. The Morgan fingerprint density at radius 2 is 1.65 bits per heavy atom. The normalized spacial score (nSPS) is 11.2. The molecule has 122 valence electrons. The Morgan fingerprint density at radius 3 is 2.17 bits per heavy atom. The highest BCUT2D eigenvalue weighted by atomic mass is 79.9. The number of hydrogen-bond donors (Lipinski definition) is 1. The van der Waals surface area contributed by atoms with Gasteiger partial charge in [0.15, 0.2) is 0 Å². The first-order valence-electron chi connectivity index (χ1n) is 7.23. The maximum Gasteiger partial charge on any atom is 0.415 e. The molecule has 1 N–H and O–H groups in total.